The van der Waals surface area contributed by atoms with E-state index >= 15 is 0 Å². The first-order chi connectivity index (χ1) is 18.7. The molecule has 39 heavy (non-hydrogen) atoms. The number of nitrogens with one attached hydrogen (secondary N) is 1. The molecule has 1 aromatic heterocycles. The summed E-state index contributed by atoms with van der Waals surface area (Å²) in [6.07, 6.45) is 0.770. The Hall–Kier alpha value is -3.80. The predicted octanol–water partition coefficient (Wildman–Crippen LogP) is 5.90. The molecule has 3 aromatic carbocycles. The van der Waals surface area contributed by atoms with E-state index in [2.05, 4.69) is 15.5 Å². The van der Waals surface area contributed by atoms with E-state index in [9.17, 15) is 31.1 Å². The van der Waals surface area contributed by atoms with Gasteiger partial charge in [-0.3, -0.25) is 4.79 Å². The summed E-state index contributed by atoms with van der Waals surface area (Å²) in [7, 11) is 0. The summed E-state index contributed by atoms with van der Waals surface area (Å²) >= 11 is 0.773. The van der Waals surface area contributed by atoms with Gasteiger partial charge in [-0.05, 0) is 29.7 Å². The number of amides is 1. The highest BCUT2D eigenvalue weighted by Gasteiger charge is 2.26. The van der Waals surface area contributed by atoms with Crippen LogP contribution in [0.3, 0.4) is 0 Å². The molecule has 1 amide bonds. The third-order valence-electron chi connectivity index (χ3n) is 5.89. The highest BCUT2D eigenvalue weighted by atomic mass is 32.2. The lowest BCUT2D eigenvalue weighted by Crippen LogP contribution is -2.23. The second-order valence-corrected chi connectivity index (χ2v) is 9.47. The Balaban J connectivity index is 1.47. The van der Waals surface area contributed by atoms with Crippen molar-refractivity contribution in [2.24, 2.45) is 0 Å². The highest BCUT2D eigenvalue weighted by Crippen LogP contribution is 2.29. The number of thioether (sulfide) groups is 1. The molecule has 0 spiro atoms. The van der Waals surface area contributed by atoms with E-state index in [-0.39, 0.29) is 36.3 Å². The molecule has 1 N–H and O–H groups in total. The van der Waals surface area contributed by atoms with Crippen molar-refractivity contribution in [2.45, 2.75) is 43.3 Å². The fraction of sp³-hybridized carbons (Fsp3) is 0.222. The van der Waals surface area contributed by atoms with Gasteiger partial charge in [0.25, 0.3) is 0 Å². The summed E-state index contributed by atoms with van der Waals surface area (Å²) < 4.78 is 83.7. The van der Waals surface area contributed by atoms with Gasteiger partial charge in [0.1, 0.15) is 11.6 Å². The van der Waals surface area contributed by atoms with Gasteiger partial charge >= 0.3 is 0 Å². The summed E-state index contributed by atoms with van der Waals surface area (Å²) in [4.78, 5) is 12.4. The number of aryl methyl sites for hydroxylation is 2. The molecule has 0 aliphatic heterocycles. The van der Waals surface area contributed by atoms with Gasteiger partial charge in [0.2, 0.25) is 11.7 Å². The molecule has 0 fully saturated rings. The van der Waals surface area contributed by atoms with Crippen molar-refractivity contribution < 1.29 is 31.1 Å². The molecule has 0 bridgehead atoms. The van der Waals surface area contributed by atoms with E-state index in [1.54, 1.807) is 16.7 Å². The van der Waals surface area contributed by atoms with Crippen molar-refractivity contribution in [1.82, 2.24) is 20.1 Å². The molecule has 0 aliphatic carbocycles. The fourth-order valence-corrected chi connectivity index (χ4v) is 4.73. The first kappa shape index (κ1) is 28.2. The van der Waals surface area contributed by atoms with Crippen LogP contribution in [-0.4, -0.2) is 20.7 Å². The second kappa shape index (κ2) is 12.8. The number of carbonyl (C=O) groups excluding carboxylic acids is 1. The van der Waals surface area contributed by atoms with Crippen LogP contribution in [0.4, 0.5) is 26.3 Å². The molecule has 1 heterocycles. The number of rotatable bonds is 11. The molecule has 4 rings (SSSR count). The molecule has 204 valence electrons. The maximum absolute atomic E-state index is 14.2. The molecule has 0 saturated carbocycles. The summed E-state index contributed by atoms with van der Waals surface area (Å²) in [6.45, 7) is 0.561. The van der Waals surface area contributed by atoms with E-state index < -0.39 is 40.4 Å². The van der Waals surface area contributed by atoms with Crippen LogP contribution in [-0.2, 0) is 36.5 Å². The van der Waals surface area contributed by atoms with E-state index in [0.29, 0.717) is 18.8 Å². The lowest BCUT2D eigenvalue weighted by molar-refractivity contribution is -0.121. The number of nitrogens with zero attached hydrogens (tertiary/aromatic N) is 3. The summed E-state index contributed by atoms with van der Waals surface area (Å²) in [5, 5.41) is 11.1. The lowest BCUT2D eigenvalue weighted by atomic mass is 10.1. The average Bonchev–Trinajstić information content (AvgIpc) is 3.34. The fourth-order valence-electron chi connectivity index (χ4n) is 3.75. The van der Waals surface area contributed by atoms with Crippen LogP contribution in [0.25, 0.3) is 0 Å². The van der Waals surface area contributed by atoms with Crippen LogP contribution in [0.2, 0.25) is 0 Å². The highest BCUT2D eigenvalue weighted by molar-refractivity contribution is 7.98. The zero-order valence-corrected chi connectivity index (χ0v) is 21.2. The summed E-state index contributed by atoms with van der Waals surface area (Å²) in [5.74, 6) is -10.9. The SMILES string of the molecule is O=C(CCc1nnc(SCc2c(F)c(F)c(F)c(F)c2F)n1CCc1ccccc1)NCc1ccc(F)cc1. The quantitative estimate of drug-likeness (QED) is 0.107. The third-order valence-corrected chi connectivity index (χ3v) is 6.88. The van der Waals surface area contributed by atoms with Gasteiger partial charge in [-0.1, -0.05) is 54.2 Å². The smallest absolute Gasteiger partial charge is 0.220 e. The molecule has 0 aliphatic rings. The van der Waals surface area contributed by atoms with E-state index in [4.69, 9.17) is 0 Å². The van der Waals surface area contributed by atoms with Gasteiger partial charge in [0.05, 0.1) is 0 Å². The number of halogens is 6. The molecule has 0 unspecified atom stereocenters. The average molecular weight is 565 g/mol. The maximum Gasteiger partial charge on any atom is 0.220 e. The third kappa shape index (κ3) is 6.99. The van der Waals surface area contributed by atoms with Crippen LogP contribution in [0.1, 0.15) is 28.9 Å². The van der Waals surface area contributed by atoms with Crippen molar-refractivity contribution in [3.05, 3.63) is 112 Å². The van der Waals surface area contributed by atoms with Gasteiger partial charge in [-0.15, -0.1) is 10.2 Å². The van der Waals surface area contributed by atoms with Crippen molar-refractivity contribution >= 4 is 17.7 Å². The Kier molecular flexibility index (Phi) is 9.28. The number of carbonyl (C=O) groups is 1. The topological polar surface area (TPSA) is 59.8 Å². The molecule has 0 saturated heterocycles. The Morgan fingerprint density at radius 2 is 1.41 bits per heavy atom. The molecule has 4 aromatic rings. The van der Waals surface area contributed by atoms with Crippen molar-refractivity contribution in [3.63, 3.8) is 0 Å². The van der Waals surface area contributed by atoms with Crippen molar-refractivity contribution in [2.75, 3.05) is 0 Å². The molecule has 5 nitrogen and oxygen atoms in total. The monoisotopic (exact) mass is 564 g/mol. The standard InChI is InChI=1S/C27H22F6N4OS/c28-18-8-6-17(7-9-18)14-34-21(38)11-10-20-35-36-27(37(20)13-12-16-4-2-1-3-5-16)39-15-19-22(29)24(31)26(33)25(32)23(19)30/h1-9H,10-15H2,(H,34,38). The van der Waals surface area contributed by atoms with E-state index in [1.807, 2.05) is 30.3 Å². The number of benzene rings is 3. The maximum atomic E-state index is 14.2. The van der Waals surface area contributed by atoms with Gasteiger partial charge in [-0.2, -0.15) is 0 Å². The number of hydrogen-bond acceptors (Lipinski definition) is 4. The largest absolute Gasteiger partial charge is 0.352 e. The van der Waals surface area contributed by atoms with Crippen LogP contribution < -0.4 is 5.32 Å². The Morgan fingerprint density at radius 3 is 2.08 bits per heavy atom. The zero-order valence-electron chi connectivity index (χ0n) is 20.4. The normalized spacial score (nSPS) is 11.1. The van der Waals surface area contributed by atoms with Crippen LogP contribution in [0, 0.1) is 34.9 Å². The van der Waals surface area contributed by atoms with Gasteiger partial charge < -0.3 is 9.88 Å². The molecular formula is C27H22F6N4OS. The molecule has 0 radical (unpaired) electrons. The van der Waals surface area contributed by atoms with Crippen molar-refractivity contribution in [1.29, 1.82) is 0 Å². The summed E-state index contributed by atoms with van der Waals surface area (Å²) in [6, 6.07) is 15.1. The molecule has 0 atom stereocenters. The van der Waals surface area contributed by atoms with E-state index in [0.717, 1.165) is 22.9 Å². The Morgan fingerprint density at radius 1 is 0.769 bits per heavy atom. The Labute approximate surface area is 224 Å². The van der Waals surface area contributed by atoms with Gasteiger partial charge in [-0.25, -0.2) is 26.3 Å². The summed E-state index contributed by atoms with van der Waals surface area (Å²) in [5.41, 5.74) is 0.753. The van der Waals surface area contributed by atoms with Crippen LogP contribution in [0.5, 0.6) is 0 Å². The minimum atomic E-state index is -2.22. The molecule has 12 heteroatoms. The molecular weight excluding hydrogens is 542 g/mol. The first-order valence-electron chi connectivity index (χ1n) is 11.8. The van der Waals surface area contributed by atoms with Crippen molar-refractivity contribution in [3.8, 4) is 0 Å². The number of hydrogen-bond donors (Lipinski definition) is 1. The lowest BCUT2D eigenvalue weighted by Gasteiger charge is -2.12. The predicted molar refractivity (Wildman–Crippen MR) is 133 cm³/mol. The minimum absolute atomic E-state index is 0.0486. The first-order valence-corrected chi connectivity index (χ1v) is 12.8. The minimum Gasteiger partial charge on any atom is -0.352 e. The van der Waals surface area contributed by atoms with Crippen LogP contribution >= 0.6 is 11.8 Å². The second-order valence-electron chi connectivity index (χ2n) is 8.53. The number of aromatic nitrogens is 3. The zero-order chi connectivity index (χ0) is 27.9. The van der Waals surface area contributed by atoms with Gasteiger partial charge in [0, 0.05) is 37.2 Å². The van der Waals surface area contributed by atoms with E-state index in [1.165, 1.54) is 12.1 Å². The van der Waals surface area contributed by atoms with Crippen LogP contribution in [0.15, 0.2) is 59.8 Å². The Bertz CT molecular complexity index is 1420. The van der Waals surface area contributed by atoms with Gasteiger partial charge in [0.15, 0.2) is 28.4 Å².